The van der Waals surface area contributed by atoms with Crippen LogP contribution in [0.1, 0.15) is 0 Å². The van der Waals surface area contributed by atoms with E-state index in [1.54, 1.807) is 0 Å². The third-order valence-electron chi connectivity index (χ3n) is 1.24. The summed E-state index contributed by atoms with van der Waals surface area (Å²) in [5.41, 5.74) is -2.65. The second-order valence-electron chi connectivity index (χ2n) is 2.23. The first-order chi connectivity index (χ1) is 6.95. The maximum Gasteiger partial charge on any atom is 0.475 e. The number of hydrogen-bond donors (Lipinski definition) is 1. The van der Waals surface area contributed by atoms with E-state index in [1.807, 2.05) is 0 Å². The van der Waals surface area contributed by atoms with Gasteiger partial charge >= 0.3 is 5.51 Å². The average Bonchev–Trinajstić information content (AvgIpc) is 2.60. The van der Waals surface area contributed by atoms with Gasteiger partial charge in [0.1, 0.15) is 12.1 Å². The third kappa shape index (κ3) is 2.93. The number of alkyl halides is 3. The molecule has 1 aromatic rings. The zero-order valence-corrected chi connectivity index (χ0v) is 7.80. The van der Waals surface area contributed by atoms with Gasteiger partial charge in [-0.2, -0.15) is 23.1 Å². The summed E-state index contributed by atoms with van der Waals surface area (Å²) < 4.78 is 46.7. The predicted molar refractivity (Wildman–Crippen MR) is 44.3 cm³/mol. The van der Waals surface area contributed by atoms with Gasteiger partial charge in [-0.1, -0.05) is 0 Å². The Labute approximate surface area is 84.0 Å². The molecule has 0 saturated heterocycles. The Morgan fingerprint density at radius 2 is 2.27 bits per heavy atom. The molecule has 5 nitrogen and oxygen atoms in total. The molecule has 1 aromatic heterocycles. The zero-order chi connectivity index (χ0) is 11.5. The smallest absolute Gasteiger partial charge is 0.275 e. The number of nitrogens with zero attached hydrogens (tertiary/aromatic N) is 2. The molecule has 0 saturated carbocycles. The monoisotopic (exact) mass is 239 g/mol. The van der Waals surface area contributed by atoms with Gasteiger partial charge in [0.15, 0.2) is 10.8 Å². The summed E-state index contributed by atoms with van der Waals surface area (Å²) in [6.45, 7) is 0. The Morgan fingerprint density at radius 3 is 2.80 bits per heavy atom. The summed E-state index contributed by atoms with van der Waals surface area (Å²) in [5.74, 6) is 1.34. The van der Waals surface area contributed by atoms with E-state index >= 15 is 0 Å². The van der Waals surface area contributed by atoms with Gasteiger partial charge in [-0.3, -0.25) is 5.43 Å². The summed E-state index contributed by atoms with van der Waals surface area (Å²) in [6, 6.07) is 0. The molecule has 1 unspecified atom stereocenters. The highest BCUT2D eigenvalue weighted by molar-refractivity contribution is 7.86. The molecule has 0 amide bonds. The van der Waals surface area contributed by atoms with E-state index in [-0.39, 0.29) is 0 Å². The Balaban J connectivity index is 2.85. The first-order valence-corrected chi connectivity index (χ1v) is 4.59. The number of rotatable bonds is 3. The van der Waals surface area contributed by atoms with Crippen molar-refractivity contribution in [1.29, 1.82) is 0 Å². The second-order valence-corrected chi connectivity index (χ2v) is 3.70. The molecule has 0 bridgehead atoms. The molecule has 0 aliphatic carbocycles. The largest absolute Gasteiger partial charge is 0.475 e. The van der Waals surface area contributed by atoms with Crippen LogP contribution in [0.25, 0.3) is 0 Å². The highest BCUT2D eigenvalue weighted by atomic mass is 32.2. The van der Waals surface area contributed by atoms with Crippen molar-refractivity contribution in [2.75, 3.05) is 5.43 Å². The molecule has 1 rings (SSSR count). The minimum absolute atomic E-state index is 0.505. The van der Waals surface area contributed by atoms with Crippen molar-refractivity contribution in [1.82, 2.24) is 9.89 Å². The fourth-order valence-electron chi connectivity index (χ4n) is 0.699. The standard InChI is InChI=1S/C6H4F3N3O2S/c7-6(8,9)15(14)5-3-11-12(4-5)10-1-2-13/h1,3-4,10H. The predicted octanol–water partition coefficient (Wildman–Crippen LogP) is 0.399. The molecule has 1 atom stereocenters. The van der Waals surface area contributed by atoms with E-state index in [0.717, 1.165) is 23.4 Å². The number of hydrogen-bond acceptors (Lipinski definition) is 4. The van der Waals surface area contributed by atoms with Crippen molar-refractivity contribution in [2.45, 2.75) is 10.4 Å². The van der Waals surface area contributed by atoms with Crippen molar-refractivity contribution in [3.05, 3.63) is 18.6 Å². The van der Waals surface area contributed by atoms with Crippen LogP contribution in [0.15, 0.2) is 23.5 Å². The van der Waals surface area contributed by atoms with Crippen molar-refractivity contribution in [3.8, 4) is 0 Å². The van der Waals surface area contributed by atoms with Gasteiger partial charge in [-0.25, -0.2) is 9.00 Å². The molecule has 0 aromatic carbocycles. The van der Waals surface area contributed by atoms with E-state index in [1.165, 1.54) is 5.94 Å². The zero-order valence-electron chi connectivity index (χ0n) is 6.99. The Hall–Kier alpha value is -1.60. The van der Waals surface area contributed by atoms with Crippen molar-refractivity contribution in [2.24, 2.45) is 0 Å². The van der Waals surface area contributed by atoms with Crippen LogP contribution in [0, 0.1) is 0 Å². The number of aromatic nitrogens is 2. The molecular formula is C6H4F3N3O2S. The van der Waals surface area contributed by atoms with E-state index in [2.05, 4.69) is 10.5 Å². The van der Waals surface area contributed by atoms with Crippen LogP contribution in [0.2, 0.25) is 0 Å². The fraction of sp³-hybridized carbons (Fsp3) is 0.167. The molecule has 0 radical (unpaired) electrons. The molecule has 15 heavy (non-hydrogen) atoms. The van der Waals surface area contributed by atoms with Gasteiger partial charge in [0, 0.05) is 0 Å². The molecule has 0 spiro atoms. The molecule has 0 aliphatic heterocycles. The molecule has 82 valence electrons. The molecule has 0 fully saturated rings. The summed E-state index contributed by atoms with van der Waals surface area (Å²) in [6.07, 6.45) is 2.44. The lowest BCUT2D eigenvalue weighted by molar-refractivity contribution is -0.0384. The van der Waals surface area contributed by atoms with Gasteiger partial charge in [0.05, 0.1) is 17.3 Å². The lowest BCUT2D eigenvalue weighted by Crippen LogP contribution is -2.16. The maximum atomic E-state index is 12.0. The van der Waals surface area contributed by atoms with E-state index < -0.39 is 21.2 Å². The minimum atomic E-state index is -4.83. The molecule has 1 heterocycles. The van der Waals surface area contributed by atoms with Crippen LogP contribution in [0.4, 0.5) is 13.2 Å². The fourth-order valence-corrected chi connectivity index (χ4v) is 1.30. The van der Waals surface area contributed by atoms with Crippen molar-refractivity contribution < 1.29 is 22.2 Å². The Bertz CT molecular complexity index is 422. The quantitative estimate of drug-likeness (QED) is 0.775. The normalized spacial score (nSPS) is 13.0. The second kappa shape index (κ2) is 4.28. The topological polar surface area (TPSA) is 64.0 Å². The van der Waals surface area contributed by atoms with Gasteiger partial charge in [0.2, 0.25) is 0 Å². The Morgan fingerprint density at radius 1 is 1.60 bits per heavy atom. The molecule has 9 heteroatoms. The first kappa shape index (κ1) is 11.5. The highest BCUT2D eigenvalue weighted by Crippen LogP contribution is 2.25. The van der Waals surface area contributed by atoms with E-state index in [4.69, 9.17) is 0 Å². The Kier molecular flexibility index (Phi) is 3.28. The van der Waals surface area contributed by atoms with Gasteiger partial charge in [0.25, 0.3) is 0 Å². The van der Waals surface area contributed by atoms with Gasteiger partial charge < -0.3 is 0 Å². The lowest BCUT2D eigenvalue weighted by atomic mass is 10.7. The van der Waals surface area contributed by atoms with Crippen molar-refractivity contribution >= 4 is 16.7 Å². The number of halogens is 3. The van der Waals surface area contributed by atoms with Crippen molar-refractivity contribution in [3.63, 3.8) is 0 Å². The number of nitrogens with one attached hydrogen (secondary N) is 1. The van der Waals surface area contributed by atoms with Crippen LogP contribution in [-0.2, 0) is 15.6 Å². The van der Waals surface area contributed by atoms with Gasteiger partial charge in [-0.15, -0.1) is 0 Å². The summed E-state index contributed by atoms with van der Waals surface area (Å²) >= 11 is 0. The van der Waals surface area contributed by atoms with Crippen LogP contribution >= 0.6 is 0 Å². The average molecular weight is 239 g/mol. The summed E-state index contributed by atoms with van der Waals surface area (Å²) in [4.78, 5) is 10.1. The first-order valence-electron chi connectivity index (χ1n) is 3.44. The summed E-state index contributed by atoms with van der Waals surface area (Å²) in [7, 11) is -3.12. The van der Waals surface area contributed by atoms with Crippen LogP contribution in [0.5, 0.6) is 0 Å². The maximum absolute atomic E-state index is 12.0. The highest BCUT2D eigenvalue weighted by Gasteiger charge is 2.38. The van der Waals surface area contributed by atoms with Gasteiger partial charge in [-0.05, 0) is 0 Å². The SMILES string of the molecule is O=C=CNn1cc(S(=O)C(F)(F)F)cn1. The van der Waals surface area contributed by atoms with Crippen LogP contribution in [-0.4, -0.2) is 25.5 Å². The van der Waals surface area contributed by atoms with E-state index in [9.17, 15) is 22.2 Å². The molecule has 0 aliphatic rings. The van der Waals surface area contributed by atoms with E-state index in [0.29, 0.717) is 0 Å². The van der Waals surface area contributed by atoms with Crippen LogP contribution in [0.3, 0.4) is 0 Å². The summed E-state index contributed by atoms with van der Waals surface area (Å²) in [5, 5.41) is 3.39. The molecule has 1 N–H and O–H groups in total. The molecular weight excluding hydrogens is 235 g/mol. The third-order valence-corrected chi connectivity index (χ3v) is 2.30. The lowest BCUT2D eigenvalue weighted by Gasteiger charge is -2.02. The van der Waals surface area contributed by atoms with Crippen LogP contribution < -0.4 is 5.43 Å². The minimum Gasteiger partial charge on any atom is -0.275 e. The number of carbonyl (C=O) groups excluding carboxylic acids is 1.